The summed E-state index contributed by atoms with van der Waals surface area (Å²) in [6, 6.07) is 1.53. The van der Waals surface area contributed by atoms with Crippen LogP contribution in [0.15, 0.2) is 0 Å². The van der Waals surface area contributed by atoms with Gasteiger partial charge < -0.3 is 5.73 Å². The van der Waals surface area contributed by atoms with E-state index in [0.717, 1.165) is 19.0 Å². The first kappa shape index (κ1) is 10.4. The van der Waals surface area contributed by atoms with Crippen LogP contribution in [0.1, 0.15) is 26.2 Å². The van der Waals surface area contributed by atoms with E-state index in [1.54, 1.807) is 0 Å². The minimum Gasteiger partial charge on any atom is -0.330 e. The van der Waals surface area contributed by atoms with Crippen LogP contribution in [-0.4, -0.2) is 54.6 Å². The van der Waals surface area contributed by atoms with Crippen LogP contribution < -0.4 is 5.73 Å². The highest BCUT2D eigenvalue weighted by atomic mass is 15.3. The van der Waals surface area contributed by atoms with Gasteiger partial charge in [-0.2, -0.15) is 0 Å². The van der Waals surface area contributed by atoms with Gasteiger partial charge in [-0.15, -0.1) is 0 Å². The van der Waals surface area contributed by atoms with E-state index in [0.29, 0.717) is 6.04 Å². The molecule has 2 fully saturated rings. The predicted molar refractivity (Wildman–Crippen MR) is 59.3 cm³/mol. The maximum absolute atomic E-state index is 5.61. The standard InChI is InChI=1S/C11H23N3/c1-10(4-5-12)14-8-7-13-6-2-3-11(13)9-14/h10-11H,2-9,12H2,1H3. The Kier molecular flexibility index (Phi) is 3.42. The molecule has 3 nitrogen and oxygen atoms in total. The summed E-state index contributed by atoms with van der Waals surface area (Å²) in [5.41, 5.74) is 5.61. The molecule has 2 heterocycles. The number of hydrogen-bond acceptors (Lipinski definition) is 3. The lowest BCUT2D eigenvalue weighted by Gasteiger charge is -2.40. The van der Waals surface area contributed by atoms with E-state index >= 15 is 0 Å². The molecule has 2 rings (SSSR count). The van der Waals surface area contributed by atoms with Crippen molar-refractivity contribution >= 4 is 0 Å². The summed E-state index contributed by atoms with van der Waals surface area (Å²) < 4.78 is 0. The van der Waals surface area contributed by atoms with Crippen LogP contribution in [-0.2, 0) is 0 Å². The van der Waals surface area contributed by atoms with Crippen LogP contribution in [0.4, 0.5) is 0 Å². The Balaban J connectivity index is 1.84. The summed E-state index contributed by atoms with van der Waals surface area (Å²) in [7, 11) is 0. The largest absolute Gasteiger partial charge is 0.330 e. The molecule has 2 unspecified atom stereocenters. The van der Waals surface area contributed by atoms with E-state index in [-0.39, 0.29) is 0 Å². The molecule has 0 saturated carbocycles. The Hall–Kier alpha value is -0.120. The summed E-state index contributed by atoms with van der Waals surface area (Å²) in [5.74, 6) is 0. The Morgan fingerprint density at radius 2 is 2.21 bits per heavy atom. The number of fused-ring (bicyclic) bond motifs is 1. The van der Waals surface area contributed by atoms with E-state index in [4.69, 9.17) is 5.73 Å². The zero-order chi connectivity index (χ0) is 9.97. The summed E-state index contributed by atoms with van der Waals surface area (Å²) >= 11 is 0. The second-order valence-electron chi connectivity index (χ2n) is 4.75. The first-order valence-corrected chi connectivity index (χ1v) is 5.99. The van der Waals surface area contributed by atoms with Gasteiger partial charge in [0.2, 0.25) is 0 Å². The van der Waals surface area contributed by atoms with E-state index in [2.05, 4.69) is 16.7 Å². The fourth-order valence-electron chi connectivity index (χ4n) is 2.84. The third-order valence-corrected chi connectivity index (χ3v) is 3.83. The normalized spacial score (nSPS) is 31.7. The predicted octanol–water partition coefficient (Wildman–Crippen LogP) is 0.504. The van der Waals surface area contributed by atoms with Gasteiger partial charge in [-0.05, 0) is 39.3 Å². The molecule has 0 aliphatic carbocycles. The van der Waals surface area contributed by atoms with Crippen molar-refractivity contribution < 1.29 is 0 Å². The van der Waals surface area contributed by atoms with Crippen molar-refractivity contribution in [1.82, 2.24) is 9.80 Å². The lowest BCUT2D eigenvalue weighted by Crippen LogP contribution is -2.53. The molecule has 2 saturated heterocycles. The molecule has 2 N–H and O–H groups in total. The molecule has 0 aromatic heterocycles. The van der Waals surface area contributed by atoms with Crippen molar-refractivity contribution in [3.63, 3.8) is 0 Å². The average Bonchev–Trinajstić information content (AvgIpc) is 2.64. The SMILES string of the molecule is CC(CCN)N1CCN2CCCC2C1. The van der Waals surface area contributed by atoms with E-state index in [1.807, 2.05) is 0 Å². The second-order valence-corrected chi connectivity index (χ2v) is 4.75. The Morgan fingerprint density at radius 3 is 3.00 bits per heavy atom. The van der Waals surface area contributed by atoms with Gasteiger partial charge in [0.05, 0.1) is 0 Å². The topological polar surface area (TPSA) is 32.5 Å². The fraction of sp³-hybridized carbons (Fsp3) is 1.00. The highest BCUT2D eigenvalue weighted by Gasteiger charge is 2.31. The van der Waals surface area contributed by atoms with E-state index < -0.39 is 0 Å². The zero-order valence-corrected chi connectivity index (χ0v) is 9.28. The second kappa shape index (κ2) is 4.60. The number of nitrogens with zero attached hydrogens (tertiary/aromatic N) is 2. The number of piperazine rings is 1. The van der Waals surface area contributed by atoms with Crippen LogP contribution in [0.2, 0.25) is 0 Å². The van der Waals surface area contributed by atoms with Gasteiger partial charge in [0.15, 0.2) is 0 Å². The smallest absolute Gasteiger partial charge is 0.0224 e. The molecule has 0 spiro atoms. The molecular weight excluding hydrogens is 174 g/mol. The zero-order valence-electron chi connectivity index (χ0n) is 9.28. The fourth-order valence-corrected chi connectivity index (χ4v) is 2.84. The van der Waals surface area contributed by atoms with Gasteiger partial charge in [-0.1, -0.05) is 0 Å². The molecule has 2 atom stereocenters. The van der Waals surface area contributed by atoms with E-state index in [9.17, 15) is 0 Å². The molecule has 0 aromatic rings. The Morgan fingerprint density at radius 1 is 1.36 bits per heavy atom. The minimum atomic E-state index is 0.683. The van der Waals surface area contributed by atoms with Crippen LogP contribution in [0, 0.1) is 0 Å². The van der Waals surface area contributed by atoms with Gasteiger partial charge in [0.25, 0.3) is 0 Å². The van der Waals surface area contributed by atoms with Crippen molar-refractivity contribution in [3.8, 4) is 0 Å². The van der Waals surface area contributed by atoms with Crippen molar-refractivity contribution in [2.24, 2.45) is 5.73 Å². The molecule has 2 aliphatic rings. The van der Waals surface area contributed by atoms with Crippen LogP contribution >= 0.6 is 0 Å². The van der Waals surface area contributed by atoms with Crippen molar-refractivity contribution in [1.29, 1.82) is 0 Å². The third kappa shape index (κ3) is 2.10. The molecule has 2 aliphatic heterocycles. The molecular formula is C11H23N3. The van der Waals surface area contributed by atoms with Gasteiger partial charge >= 0.3 is 0 Å². The molecule has 0 amide bonds. The molecule has 82 valence electrons. The van der Waals surface area contributed by atoms with Crippen LogP contribution in [0.3, 0.4) is 0 Å². The maximum atomic E-state index is 5.61. The summed E-state index contributed by atoms with van der Waals surface area (Å²) in [6.07, 6.45) is 3.96. The summed E-state index contributed by atoms with van der Waals surface area (Å²) in [6.45, 7) is 8.28. The minimum absolute atomic E-state index is 0.683. The van der Waals surface area contributed by atoms with Gasteiger partial charge in [0.1, 0.15) is 0 Å². The summed E-state index contributed by atoms with van der Waals surface area (Å²) in [5, 5.41) is 0. The summed E-state index contributed by atoms with van der Waals surface area (Å²) in [4.78, 5) is 5.28. The Bertz CT molecular complexity index is 183. The molecule has 0 radical (unpaired) electrons. The maximum Gasteiger partial charge on any atom is 0.0224 e. The highest BCUT2D eigenvalue weighted by Crippen LogP contribution is 2.22. The first-order chi connectivity index (χ1) is 6.81. The molecule has 14 heavy (non-hydrogen) atoms. The molecule has 0 bridgehead atoms. The molecule has 0 aromatic carbocycles. The Labute approximate surface area is 87.2 Å². The van der Waals surface area contributed by atoms with Crippen molar-refractivity contribution in [2.45, 2.75) is 38.3 Å². The number of nitrogens with two attached hydrogens (primary N) is 1. The van der Waals surface area contributed by atoms with Crippen molar-refractivity contribution in [2.75, 3.05) is 32.7 Å². The van der Waals surface area contributed by atoms with Crippen LogP contribution in [0.5, 0.6) is 0 Å². The van der Waals surface area contributed by atoms with Gasteiger partial charge in [-0.3, -0.25) is 9.80 Å². The number of rotatable bonds is 3. The average molecular weight is 197 g/mol. The third-order valence-electron chi connectivity index (χ3n) is 3.83. The van der Waals surface area contributed by atoms with Gasteiger partial charge in [0, 0.05) is 31.7 Å². The molecule has 3 heteroatoms. The highest BCUT2D eigenvalue weighted by molar-refractivity contribution is 4.88. The quantitative estimate of drug-likeness (QED) is 0.715. The monoisotopic (exact) mass is 197 g/mol. The van der Waals surface area contributed by atoms with Crippen LogP contribution in [0.25, 0.3) is 0 Å². The van der Waals surface area contributed by atoms with E-state index in [1.165, 1.54) is 39.0 Å². The number of hydrogen-bond donors (Lipinski definition) is 1. The van der Waals surface area contributed by atoms with Crippen molar-refractivity contribution in [3.05, 3.63) is 0 Å². The van der Waals surface area contributed by atoms with Gasteiger partial charge in [-0.25, -0.2) is 0 Å². The lowest BCUT2D eigenvalue weighted by atomic mass is 10.1. The first-order valence-electron chi connectivity index (χ1n) is 5.99. The lowest BCUT2D eigenvalue weighted by molar-refractivity contribution is 0.0751.